The van der Waals surface area contributed by atoms with Crippen molar-refractivity contribution in [2.75, 3.05) is 12.4 Å². The number of nitrogens with zero attached hydrogens (tertiary/aromatic N) is 2. The van der Waals surface area contributed by atoms with Gasteiger partial charge in [0, 0.05) is 29.3 Å². The number of nitrogens with one attached hydrogen (secondary N) is 1. The van der Waals surface area contributed by atoms with Crippen molar-refractivity contribution >= 4 is 27.3 Å². The third kappa shape index (κ3) is 3.45. The highest BCUT2D eigenvalue weighted by Crippen LogP contribution is 2.28. The first-order valence-corrected chi connectivity index (χ1v) is 6.56. The zero-order chi connectivity index (χ0) is 14.5. The number of benzene rings is 1. The molecule has 0 amide bonds. The summed E-state index contributed by atoms with van der Waals surface area (Å²) in [6.45, 7) is 0.444. The molecule has 20 heavy (non-hydrogen) atoms. The molecule has 0 atom stereocenters. The summed E-state index contributed by atoms with van der Waals surface area (Å²) in [6.07, 6.45) is 1.66. The van der Waals surface area contributed by atoms with E-state index in [4.69, 9.17) is 4.74 Å². The first kappa shape index (κ1) is 14.3. The van der Waals surface area contributed by atoms with Crippen LogP contribution in [0.3, 0.4) is 0 Å². The van der Waals surface area contributed by atoms with Gasteiger partial charge in [0.25, 0.3) is 5.69 Å². The average Bonchev–Trinajstić information content (AvgIpc) is 2.46. The molecular weight excluding hydrogens is 326 g/mol. The lowest BCUT2D eigenvalue weighted by atomic mass is 10.2. The summed E-state index contributed by atoms with van der Waals surface area (Å²) in [5.41, 5.74) is 1.40. The van der Waals surface area contributed by atoms with E-state index >= 15 is 0 Å². The lowest BCUT2D eigenvalue weighted by Gasteiger charge is -2.07. The summed E-state index contributed by atoms with van der Waals surface area (Å²) in [5.74, 6) is 0.531. The van der Waals surface area contributed by atoms with E-state index in [1.165, 1.54) is 6.07 Å². The van der Waals surface area contributed by atoms with E-state index in [0.29, 0.717) is 22.6 Å². The van der Waals surface area contributed by atoms with Crippen LogP contribution < -0.4 is 10.1 Å². The number of anilines is 1. The second kappa shape index (κ2) is 6.33. The fraction of sp³-hybridized carbons (Fsp3) is 0.154. The van der Waals surface area contributed by atoms with E-state index in [0.717, 1.165) is 5.56 Å². The molecule has 0 aliphatic heterocycles. The lowest BCUT2D eigenvalue weighted by Crippen LogP contribution is -2.03. The van der Waals surface area contributed by atoms with Gasteiger partial charge in [0.15, 0.2) is 0 Å². The van der Waals surface area contributed by atoms with E-state index in [1.807, 2.05) is 6.07 Å². The van der Waals surface area contributed by atoms with Crippen molar-refractivity contribution in [1.82, 2.24) is 4.98 Å². The molecule has 0 aliphatic carbocycles. The molecule has 1 aromatic carbocycles. The summed E-state index contributed by atoms with van der Waals surface area (Å²) in [7, 11) is 1.55. The number of rotatable bonds is 5. The van der Waals surface area contributed by atoms with Gasteiger partial charge in [-0.25, -0.2) is 4.98 Å². The standard InChI is InChI=1S/C13H12BrN3O3/c1-20-13-5-2-9(8-16-13)7-15-11-4-3-10(14)6-12(11)17(18)19/h2-6,8,15H,7H2,1H3. The first-order chi connectivity index (χ1) is 9.60. The molecule has 0 saturated carbocycles. The lowest BCUT2D eigenvalue weighted by molar-refractivity contribution is -0.384. The van der Waals surface area contributed by atoms with Gasteiger partial charge >= 0.3 is 0 Å². The molecule has 1 heterocycles. The molecule has 0 spiro atoms. The number of hydrogen-bond donors (Lipinski definition) is 1. The predicted octanol–water partition coefficient (Wildman–Crippen LogP) is 3.37. The molecule has 0 aliphatic rings. The van der Waals surface area contributed by atoms with Gasteiger partial charge in [-0.3, -0.25) is 10.1 Å². The van der Waals surface area contributed by atoms with E-state index in [2.05, 4.69) is 26.2 Å². The van der Waals surface area contributed by atoms with Gasteiger partial charge in [-0.05, 0) is 17.7 Å². The van der Waals surface area contributed by atoms with Gasteiger partial charge in [0.2, 0.25) is 5.88 Å². The van der Waals surface area contributed by atoms with Crippen LogP contribution in [0.1, 0.15) is 5.56 Å². The molecule has 1 aromatic heterocycles. The molecule has 2 aromatic rings. The highest BCUT2D eigenvalue weighted by atomic mass is 79.9. The first-order valence-electron chi connectivity index (χ1n) is 5.77. The van der Waals surface area contributed by atoms with E-state index in [-0.39, 0.29) is 5.69 Å². The van der Waals surface area contributed by atoms with Crippen molar-refractivity contribution < 1.29 is 9.66 Å². The predicted molar refractivity (Wildman–Crippen MR) is 78.9 cm³/mol. The van der Waals surface area contributed by atoms with Gasteiger partial charge in [-0.15, -0.1) is 0 Å². The Balaban J connectivity index is 2.12. The van der Waals surface area contributed by atoms with Crippen LogP contribution in [-0.4, -0.2) is 17.0 Å². The molecule has 104 valence electrons. The zero-order valence-corrected chi connectivity index (χ0v) is 12.3. The van der Waals surface area contributed by atoms with Crippen molar-refractivity contribution in [3.05, 3.63) is 56.7 Å². The SMILES string of the molecule is COc1ccc(CNc2ccc(Br)cc2[N+](=O)[O-])cn1. The molecular formula is C13H12BrN3O3. The second-order valence-corrected chi connectivity index (χ2v) is 4.90. The van der Waals surface area contributed by atoms with Crippen LogP contribution in [0.4, 0.5) is 11.4 Å². The van der Waals surface area contributed by atoms with Crippen LogP contribution in [0.15, 0.2) is 41.0 Å². The monoisotopic (exact) mass is 337 g/mol. The smallest absolute Gasteiger partial charge is 0.293 e. The summed E-state index contributed by atoms with van der Waals surface area (Å²) < 4.78 is 5.64. The third-order valence-corrected chi connectivity index (χ3v) is 3.14. The van der Waals surface area contributed by atoms with E-state index in [1.54, 1.807) is 31.5 Å². The van der Waals surface area contributed by atoms with Crippen molar-refractivity contribution in [2.45, 2.75) is 6.54 Å². The normalized spacial score (nSPS) is 10.1. The molecule has 6 nitrogen and oxygen atoms in total. The minimum Gasteiger partial charge on any atom is -0.481 e. The average molecular weight is 338 g/mol. The Kier molecular flexibility index (Phi) is 4.52. The van der Waals surface area contributed by atoms with Gasteiger partial charge < -0.3 is 10.1 Å². The quantitative estimate of drug-likeness (QED) is 0.668. The van der Waals surface area contributed by atoms with Crippen LogP contribution >= 0.6 is 15.9 Å². The second-order valence-electron chi connectivity index (χ2n) is 3.98. The van der Waals surface area contributed by atoms with Gasteiger partial charge in [-0.2, -0.15) is 0 Å². The number of methoxy groups -OCH3 is 1. The Morgan fingerprint density at radius 3 is 2.80 bits per heavy atom. The number of hydrogen-bond acceptors (Lipinski definition) is 5. The maximum Gasteiger partial charge on any atom is 0.293 e. The number of halogens is 1. The van der Waals surface area contributed by atoms with Crippen LogP contribution in [0.25, 0.3) is 0 Å². The van der Waals surface area contributed by atoms with Crippen molar-refractivity contribution in [1.29, 1.82) is 0 Å². The largest absolute Gasteiger partial charge is 0.481 e. The molecule has 0 bridgehead atoms. The van der Waals surface area contributed by atoms with Gasteiger partial charge in [0.05, 0.1) is 12.0 Å². The Morgan fingerprint density at radius 1 is 1.40 bits per heavy atom. The molecule has 0 saturated heterocycles. The van der Waals surface area contributed by atoms with E-state index in [9.17, 15) is 10.1 Å². The topological polar surface area (TPSA) is 77.3 Å². The Bertz CT molecular complexity index is 617. The maximum absolute atomic E-state index is 11.0. The number of pyridine rings is 1. The van der Waals surface area contributed by atoms with Crippen molar-refractivity contribution in [2.24, 2.45) is 0 Å². The van der Waals surface area contributed by atoms with Gasteiger partial charge in [-0.1, -0.05) is 22.0 Å². The molecule has 2 rings (SSSR count). The fourth-order valence-corrected chi connectivity index (χ4v) is 1.99. The molecule has 0 unspecified atom stereocenters. The molecule has 0 fully saturated rings. The number of nitro groups is 1. The minimum absolute atomic E-state index is 0.0286. The highest BCUT2D eigenvalue weighted by Gasteiger charge is 2.13. The number of ether oxygens (including phenoxy) is 1. The fourth-order valence-electron chi connectivity index (χ4n) is 1.64. The highest BCUT2D eigenvalue weighted by molar-refractivity contribution is 9.10. The summed E-state index contributed by atoms with van der Waals surface area (Å²) in [5, 5.41) is 14.0. The molecule has 1 N–H and O–H groups in total. The van der Waals surface area contributed by atoms with Crippen molar-refractivity contribution in [3.8, 4) is 5.88 Å². The number of aromatic nitrogens is 1. The third-order valence-electron chi connectivity index (χ3n) is 2.65. The molecule has 7 heteroatoms. The van der Waals surface area contributed by atoms with Crippen LogP contribution in [0.5, 0.6) is 5.88 Å². The maximum atomic E-state index is 11.0. The van der Waals surface area contributed by atoms with Crippen LogP contribution in [-0.2, 0) is 6.54 Å². The van der Waals surface area contributed by atoms with E-state index < -0.39 is 4.92 Å². The van der Waals surface area contributed by atoms with Crippen LogP contribution in [0.2, 0.25) is 0 Å². The van der Waals surface area contributed by atoms with Crippen molar-refractivity contribution in [3.63, 3.8) is 0 Å². The van der Waals surface area contributed by atoms with Gasteiger partial charge in [0.1, 0.15) is 5.69 Å². The summed E-state index contributed by atoms with van der Waals surface area (Å²) in [4.78, 5) is 14.6. The Hall–Kier alpha value is -2.15. The Labute approximate surface area is 124 Å². The Morgan fingerprint density at radius 2 is 2.20 bits per heavy atom. The number of nitro benzene ring substituents is 1. The minimum atomic E-state index is -0.417. The zero-order valence-electron chi connectivity index (χ0n) is 10.7. The molecule has 0 radical (unpaired) electrons. The van der Waals surface area contributed by atoms with Crippen LogP contribution in [0, 0.1) is 10.1 Å². The summed E-state index contributed by atoms with van der Waals surface area (Å²) in [6, 6.07) is 8.48. The summed E-state index contributed by atoms with van der Waals surface area (Å²) >= 11 is 3.22.